The average Bonchev–Trinajstić information content (AvgIpc) is 2.94. The summed E-state index contributed by atoms with van der Waals surface area (Å²) in [4.78, 5) is 18.9. The zero-order valence-electron chi connectivity index (χ0n) is 12.6. The van der Waals surface area contributed by atoms with Crippen LogP contribution in [0.2, 0.25) is 0 Å². The van der Waals surface area contributed by atoms with E-state index in [2.05, 4.69) is 40.2 Å². The van der Waals surface area contributed by atoms with Crippen molar-refractivity contribution >= 4 is 17.2 Å². The summed E-state index contributed by atoms with van der Waals surface area (Å²) in [5.74, 6) is 0.302. The molecule has 2 heterocycles. The molecular formula is C17H21N3OS. The molecule has 0 aliphatic carbocycles. The van der Waals surface area contributed by atoms with Gasteiger partial charge < -0.3 is 5.73 Å². The molecule has 0 saturated carbocycles. The molecule has 5 heteroatoms. The smallest absolute Gasteiger partial charge is 0.224 e. The van der Waals surface area contributed by atoms with Crippen LogP contribution in [0.25, 0.3) is 0 Å². The number of nitrogens with two attached hydrogens (primary N) is 1. The molecule has 2 aromatic rings. The molecule has 0 spiro atoms. The number of piperidine rings is 1. The predicted molar refractivity (Wildman–Crippen MR) is 88.7 cm³/mol. The Bertz CT molecular complexity index is 626. The Morgan fingerprint density at radius 3 is 2.95 bits per heavy atom. The van der Waals surface area contributed by atoms with Crippen molar-refractivity contribution in [3.63, 3.8) is 0 Å². The summed E-state index contributed by atoms with van der Waals surface area (Å²) in [6.45, 7) is 3.14. The molecule has 1 atom stereocenters. The molecule has 22 heavy (non-hydrogen) atoms. The van der Waals surface area contributed by atoms with Crippen molar-refractivity contribution in [3.8, 4) is 0 Å². The molecule has 1 aromatic carbocycles. The van der Waals surface area contributed by atoms with Gasteiger partial charge in [0, 0.05) is 24.2 Å². The second kappa shape index (κ2) is 7.03. The summed E-state index contributed by atoms with van der Waals surface area (Å²) in [5, 5.41) is 0.819. The Hall–Kier alpha value is -1.72. The largest absolute Gasteiger partial charge is 0.369 e. The number of primary amides is 1. The maximum Gasteiger partial charge on any atom is 0.224 e. The number of carbonyl (C=O) groups is 1. The van der Waals surface area contributed by atoms with Gasteiger partial charge in [0.15, 0.2) is 0 Å². The first kappa shape index (κ1) is 15.2. The van der Waals surface area contributed by atoms with E-state index in [9.17, 15) is 4.79 Å². The van der Waals surface area contributed by atoms with Crippen LogP contribution in [-0.4, -0.2) is 28.9 Å². The van der Waals surface area contributed by atoms with Crippen molar-refractivity contribution in [2.75, 3.05) is 13.1 Å². The SMILES string of the molecule is NC(=O)Cc1ncc(CN2CCCC(c3ccccc3)C2)s1. The Balaban J connectivity index is 1.60. The lowest BCUT2D eigenvalue weighted by Crippen LogP contribution is -2.33. The van der Waals surface area contributed by atoms with Crippen LogP contribution < -0.4 is 5.73 Å². The first-order valence-corrected chi connectivity index (χ1v) is 8.51. The molecule has 1 amide bonds. The van der Waals surface area contributed by atoms with Gasteiger partial charge in [-0.25, -0.2) is 4.98 Å². The van der Waals surface area contributed by atoms with E-state index in [1.165, 1.54) is 23.3 Å². The number of rotatable bonds is 5. The van der Waals surface area contributed by atoms with Gasteiger partial charge in [-0.15, -0.1) is 11.3 Å². The molecule has 0 bridgehead atoms. The Labute approximate surface area is 135 Å². The maximum absolute atomic E-state index is 10.9. The molecule has 1 fully saturated rings. The lowest BCUT2D eigenvalue weighted by Gasteiger charge is -2.32. The minimum atomic E-state index is -0.317. The van der Waals surface area contributed by atoms with E-state index in [0.29, 0.717) is 5.92 Å². The number of likely N-dealkylation sites (tertiary alicyclic amines) is 1. The van der Waals surface area contributed by atoms with E-state index >= 15 is 0 Å². The lowest BCUT2D eigenvalue weighted by atomic mass is 9.91. The molecular weight excluding hydrogens is 294 g/mol. The van der Waals surface area contributed by atoms with E-state index in [-0.39, 0.29) is 12.3 Å². The van der Waals surface area contributed by atoms with Crippen LogP contribution in [0.1, 0.15) is 34.2 Å². The summed E-state index contributed by atoms with van der Waals surface area (Å²) in [6, 6.07) is 10.8. The van der Waals surface area contributed by atoms with Gasteiger partial charge in [0.05, 0.1) is 6.42 Å². The number of benzene rings is 1. The minimum absolute atomic E-state index is 0.247. The third-order valence-corrected chi connectivity index (χ3v) is 5.06. The quantitative estimate of drug-likeness (QED) is 0.922. The topological polar surface area (TPSA) is 59.2 Å². The zero-order chi connectivity index (χ0) is 15.4. The van der Waals surface area contributed by atoms with Gasteiger partial charge in [-0.2, -0.15) is 0 Å². The van der Waals surface area contributed by atoms with E-state index in [0.717, 1.165) is 24.6 Å². The molecule has 116 valence electrons. The molecule has 0 radical (unpaired) electrons. The molecule has 1 aliphatic rings. The summed E-state index contributed by atoms with van der Waals surface area (Å²) in [5.41, 5.74) is 6.65. The van der Waals surface area contributed by atoms with Crippen molar-refractivity contribution < 1.29 is 4.79 Å². The third kappa shape index (κ3) is 3.93. The summed E-state index contributed by atoms with van der Waals surface area (Å²) in [6.07, 6.45) is 4.62. The highest BCUT2D eigenvalue weighted by Gasteiger charge is 2.21. The van der Waals surface area contributed by atoms with Crippen LogP contribution in [0.5, 0.6) is 0 Å². The minimum Gasteiger partial charge on any atom is -0.369 e. The third-order valence-electron chi connectivity index (χ3n) is 4.08. The van der Waals surface area contributed by atoms with Crippen molar-refractivity contribution in [2.24, 2.45) is 5.73 Å². The molecule has 2 N–H and O–H groups in total. The summed E-state index contributed by atoms with van der Waals surface area (Å²) in [7, 11) is 0. The molecule has 4 nitrogen and oxygen atoms in total. The van der Waals surface area contributed by atoms with Gasteiger partial charge in [-0.3, -0.25) is 9.69 Å². The molecule has 1 aromatic heterocycles. The molecule has 1 unspecified atom stereocenters. The van der Waals surface area contributed by atoms with Gasteiger partial charge in [0.25, 0.3) is 0 Å². The second-order valence-corrected chi connectivity index (χ2v) is 7.05. The van der Waals surface area contributed by atoms with E-state index in [1.807, 2.05) is 6.20 Å². The molecule has 1 aliphatic heterocycles. The van der Waals surface area contributed by atoms with E-state index in [4.69, 9.17) is 5.73 Å². The normalized spacial score (nSPS) is 19.2. The van der Waals surface area contributed by atoms with Crippen molar-refractivity contribution in [3.05, 3.63) is 52.0 Å². The number of hydrogen-bond acceptors (Lipinski definition) is 4. The van der Waals surface area contributed by atoms with Crippen molar-refractivity contribution in [2.45, 2.75) is 31.7 Å². The van der Waals surface area contributed by atoms with Crippen molar-refractivity contribution in [1.29, 1.82) is 0 Å². The fourth-order valence-electron chi connectivity index (χ4n) is 3.07. The van der Waals surface area contributed by atoms with Gasteiger partial charge in [0.1, 0.15) is 5.01 Å². The Morgan fingerprint density at radius 2 is 2.18 bits per heavy atom. The standard InChI is InChI=1S/C17H21N3OS/c18-16(21)9-17-19-10-15(22-17)12-20-8-4-7-14(11-20)13-5-2-1-3-6-13/h1-3,5-6,10,14H,4,7-9,11-12H2,(H2,18,21). The van der Waals surface area contributed by atoms with E-state index < -0.39 is 0 Å². The van der Waals surface area contributed by atoms with Crippen LogP contribution in [0.15, 0.2) is 36.5 Å². The number of nitrogens with zero attached hydrogens (tertiary/aromatic N) is 2. The van der Waals surface area contributed by atoms with Crippen LogP contribution >= 0.6 is 11.3 Å². The first-order chi connectivity index (χ1) is 10.7. The monoisotopic (exact) mass is 315 g/mol. The predicted octanol–water partition coefficient (Wildman–Crippen LogP) is 2.55. The van der Waals surface area contributed by atoms with E-state index in [1.54, 1.807) is 11.3 Å². The highest BCUT2D eigenvalue weighted by molar-refractivity contribution is 7.11. The van der Waals surface area contributed by atoms with Crippen LogP contribution in [0.4, 0.5) is 0 Å². The number of carbonyl (C=O) groups excluding carboxylic acids is 1. The number of hydrogen-bond donors (Lipinski definition) is 1. The zero-order valence-corrected chi connectivity index (χ0v) is 13.4. The highest BCUT2D eigenvalue weighted by atomic mass is 32.1. The Morgan fingerprint density at radius 1 is 1.36 bits per heavy atom. The fraction of sp³-hybridized carbons (Fsp3) is 0.412. The summed E-state index contributed by atoms with van der Waals surface area (Å²) >= 11 is 1.60. The van der Waals surface area contributed by atoms with Gasteiger partial charge in [-0.1, -0.05) is 30.3 Å². The average molecular weight is 315 g/mol. The van der Waals surface area contributed by atoms with Gasteiger partial charge in [-0.05, 0) is 30.9 Å². The van der Waals surface area contributed by atoms with Gasteiger partial charge in [0.2, 0.25) is 5.91 Å². The maximum atomic E-state index is 10.9. The number of amides is 1. The van der Waals surface area contributed by atoms with Crippen molar-refractivity contribution in [1.82, 2.24) is 9.88 Å². The van der Waals surface area contributed by atoms with Crippen LogP contribution in [0.3, 0.4) is 0 Å². The number of thiazole rings is 1. The number of aromatic nitrogens is 1. The molecule has 3 rings (SSSR count). The van der Waals surface area contributed by atoms with Crippen LogP contribution in [0, 0.1) is 0 Å². The lowest BCUT2D eigenvalue weighted by molar-refractivity contribution is -0.117. The second-order valence-electron chi connectivity index (χ2n) is 5.85. The Kier molecular flexibility index (Phi) is 4.85. The van der Waals surface area contributed by atoms with Crippen LogP contribution in [-0.2, 0) is 17.8 Å². The molecule has 1 saturated heterocycles. The fourth-order valence-corrected chi connectivity index (χ4v) is 4.04. The van der Waals surface area contributed by atoms with Gasteiger partial charge >= 0.3 is 0 Å². The highest BCUT2D eigenvalue weighted by Crippen LogP contribution is 2.28. The summed E-state index contributed by atoms with van der Waals surface area (Å²) < 4.78 is 0. The first-order valence-electron chi connectivity index (χ1n) is 7.70.